The van der Waals surface area contributed by atoms with Crippen molar-refractivity contribution in [2.75, 3.05) is 12.0 Å². The molecule has 186 valence electrons. The monoisotopic (exact) mass is 483 g/mol. The number of benzene rings is 3. The summed E-state index contributed by atoms with van der Waals surface area (Å²) in [7, 11) is 1.58. The molecule has 3 aromatic carbocycles. The fourth-order valence-electron chi connectivity index (χ4n) is 4.73. The van der Waals surface area contributed by atoms with Gasteiger partial charge in [0, 0.05) is 11.3 Å². The summed E-state index contributed by atoms with van der Waals surface area (Å²) >= 11 is 0. The lowest BCUT2D eigenvalue weighted by Crippen LogP contribution is -2.29. The van der Waals surface area contributed by atoms with E-state index in [9.17, 15) is 14.7 Å². The van der Waals surface area contributed by atoms with Crippen LogP contribution in [0.15, 0.2) is 72.3 Å². The average molecular weight is 484 g/mol. The Labute approximate surface area is 213 Å². The molecule has 36 heavy (non-hydrogen) atoms. The molecule has 1 N–H and O–H groups in total. The number of hydrogen-bond acceptors (Lipinski definition) is 4. The number of ketones is 1. The largest absolute Gasteiger partial charge is 0.507 e. The molecule has 5 nitrogen and oxygen atoms in total. The molecular formula is C31H33NO4. The summed E-state index contributed by atoms with van der Waals surface area (Å²) in [5.41, 5.74) is 5.09. The highest BCUT2D eigenvalue weighted by atomic mass is 16.5. The van der Waals surface area contributed by atoms with Gasteiger partial charge in [-0.3, -0.25) is 14.5 Å². The molecule has 1 saturated heterocycles. The van der Waals surface area contributed by atoms with Crippen molar-refractivity contribution in [2.45, 2.75) is 52.5 Å². The topological polar surface area (TPSA) is 66.8 Å². The van der Waals surface area contributed by atoms with Crippen LogP contribution in [0.2, 0.25) is 0 Å². The van der Waals surface area contributed by atoms with Gasteiger partial charge in [-0.2, -0.15) is 0 Å². The van der Waals surface area contributed by atoms with E-state index in [4.69, 9.17) is 4.74 Å². The maximum atomic E-state index is 13.4. The van der Waals surface area contributed by atoms with Crippen molar-refractivity contribution in [1.82, 2.24) is 0 Å². The Hall–Kier alpha value is -3.86. The van der Waals surface area contributed by atoms with Crippen LogP contribution in [0.25, 0.3) is 5.76 Å². The Bertz CT molecular complexity index is 1290. The number of rotatable bonds is 8. The number of unbranched alkanes of at least 4 members (excludes halogenated alkanes) is 1. The number of carbonyl (C=O) groups is 2. The number of amides is 1. The molecule has 1 heterocycles. The van der Waals surface area contributed by atoms with E-state index in [0.29, 0.717) is 17.0 Å². The van der Waals surface area contributed by atoms with Gasteiger partial charge in [-0.1, -0.05) is 56.7 Å². The molecule has 0 aromatic heterocycles. The minimum absolute atomic E-state index is 0.0903. The zero-order chi connectivity index (χ0) is 25.8. The number of hydrogen-bond donors (Lipinski definition) is 1. The van der Waals surface area contributed by atoms with Crippen molar-refractivity contribution in [1.29, 1.82) is 0 Å². The summed E-state index contributed by atoms with van der Waals surface area (Å²) in [6.07, 6.45) is 4.04. The van der Waals surface area contributed by atoms with Crippen LogP contribution >= 0.6 is 0 Å². The van der Waals surface area contributed by atoms with Crippen molar-refractivity contribution in [2.24, 2.45) is 0 Å². The zero-order valence-corrected chi connectivity index (χ0v) is 21.4. The van der Waals surface area contributed by atoms with E-state index in [0.717, 1.165) is 42.4 Å². The van der Waals surface area contributed by atoms with Gasteiger partial charge in [0.05, 0.1) is 18.7 Å². The smallest absolute Gasteiger partial charge is 0.300 e. The highest BCUT2D eigenvalue weighted by Gasteiger charge is 2.47. The van der Waals surface area contributed by atoms with Crippen LogP contribution in [0.1, 0.15) is 60.5 Å². The summed E-state index contributed by atoms with van der Waals surface area (Å²) in [4.78, 5) is 28.3. The van der Waals surface area contributed by atoms with Crippen LogP contribution in [0, 0.1) is 6.92 Å². The molecule has 4 rings (SSSR count). The number of aliphatic hydroxyl groups excluding tert-OH is 1. The van der Waals surface area contributed by atoms with Gasteiger partial charge in [0.2, 0.25) is 0 Å². The van der Waals surface area contributed by atoms with Gasteiger partial charge in [0.15, 0.2) is 0 Å². The predicted octanol–water partition coefficient (Wildman–Crippen LogP) is 6.53. The number of ether oxygens (including phenoxy) is 1. The fourth-order valence-corrected chi connectivity index (χ4v) is 4.73. The molecule has 1 amide bonds. The van der Waals surface area contributed by atoms with Gasteiger partial charge < -0.3 is 9.84 Å². The molecule has 1 atom stereocenters. The maximum Gasteiger partial charge on any atom is 0.300 e. The molecule has 0 radical (unpaired) electrons. The Morgan fingerprint density at radius 3 is 2.19 bits per heavy atom. The molecule has 0 bridgehead atoms. The summed E-state index contributed by atoms with van der Waals surface area (Å²) < 4.78 is 5.29. The number of aliphatic hydroxyl groups is 1. The third-order valence-electron chi connectivity index (χ3n) is 6.87. The molecule has 0 saturated carbocycles. The van der Waals surface area contributed by atoms with Gasteiger partial charge in [0.25, 0.3) is 11.7 Å². The molecule has 1 unspecified atom stereocenters. The first-order valence-corrected chi connectivity index (χ1v) is 12.5. The van der Waals surface area contributed by atoms with Crippen LogP contribution in [-0.4, -0.2) is 23.9 Å². The van der Waals surface area contributed by atoms with E-state index in [-0.39, 0.29) is 11.3 Å². The standard InChI is InChI=1S/C31H33NO4/c1-5-7-8-22-11-15-24(16-12-22)32-28(23-13-9-21(6-2)10-14-23)27(30(34)31(32)35)29(33)26-18-17-25(36-4)19-20(26)3/h9-19,28,33H,5-8H2,1-4H3/b29-27-. The maximum absolute atomic E-state index is 13.4. The Balaban J connectivity index is 1.86. The minimum Gasteiger partial charge on any atom is -0.507 e. The summed E-state index contributed by atoms with van der Waals surface area (Å²) in [6, 6.07) is 20.2. The SMILES string of the molecule is CCCCc1ccc(N2C(=O)C(=O)/C(=C(\O)c3ccc(OC)cc3C)C2c2ccc(CC)cc2)cc1. The number of Topliss-reactive ketones (excluding diaryl/α,β-unsaturated/α-hetero) is 1. The number of anilines is 1. The first kappa shape index (κ1) is 25.2. The van der Waals surface area contributed by atoms with E-state index < -0.39 is 17.7 Å². The van der Waals surface area contributed by atoms with E-state index >= 15 is 0 Å². The minimum atomic E-state index is -0.737. The Morgan fingerprint density at radius 2 is 1.61 bits per heavy atom. The summed E-state index contributed by atoms with van der Waals surface area (Å²) in [5, 5.41) is 11.4. The molecule has 0 aliphatic carbocycles. The van der Waals surface area contributed by atoms with Crippen LogP contribution in [0.3, 0.4) is 0 Å². The molecule has 3 aromatic rings. The number of nitrogens with zero attached hydrogens (tertiary/aromatic N) is 1. The van der Waals surface area contributed by atoms with E-state index in [1.54, 1.807) is 25.3 Å². The summed E-state index contributed by atoms with van der Waals surface area (Å²) in [5.74, 6) is -0.865. The molecule has 1 fully saturated rings. The number of carbonyl (C=O) groups excluding carboxylic acids is 2. The van der Waals surface area contributed by atoms with Crippen molar-refractivity contribution in [3.63, 3.8) is 0 Å². The lowest BCUT2D eigenvalue weighted by atomic mass is 9.93. The summed E-state index contributed by atoms with van der Waals surface area (Å²) in [6.45, 7) is 6.07. The molecule has 1 aliphatic heterocycles. The fraction of sp³-hybridized carbons (Fsp3) is 0.290. The van der Waals surface area contributed by atoms with Gasteiger partial charge >= 0.3 is 0 Å². The lowest BCUT2D eigenvalue weighted by molar-refractivity contribution is -0.132. The van der Waals surface area contributed by atoms with Crippen LogP contribution in [0.5, 0.6) is 5.75 Å². The average Bonchev–Trinajstić information content (AvgIpc) is 3.17. The normalized spacial score (nSPS) is 17.0. The van der Waals surface area contributed by atoms with Crippen molar-refractivity contribution in [3.05, 3.63) is 100 Å². The zero-order valence-electron chi connectivity index (χ0n) is 21.4. The van der Waals surface area contributed by atoms with Gasteiger partial charge in [0.1, 0.15) is 11.5 Å². The highest BCUT2D eigenvalue weighted by Crippen LogP contribution is 2.42. The molecule has 1 aliphatic rings. The third-order valence-corrected chi connectivity index (χ3v) is 6.87. The van der Waals surface area contributed by atoms with Crippen molar-refractivity contribution in [3.8, 4) is 5.75 Å². The first-order valence-electron chi connectivity index (χ1n) is 12.5. The van der Waals surface area contributed by atoms with E-state index in [2.05, 4.69) is 13.8 Å². The van der Waals surface area contributed by atoms with Gasteiger partial charge in [-0.15, -0.1) is 0 Å². The number of aryl methyl sites for hydroxylation is 3. The second kappa shape index (κ2) is 10.8. The van der Waals surface area contributed by atoms with Crippen LogP contribution in [-0.2, 0) is 22.4 Å². The molecular weight excluding hydrogens is 450 g/mol. The van der Waals surface area contributed by atoms with Crippen LogP contribution in [0.4, 0.5) is 5.69 Å². The van der Waals surface area contributed by atoms with E-state index in [1.165, 1.54) is 10.5 Å². The molecule has 5 heteroatoms. The second-order valence-corrected chi connectivity index (χ2v) is 9.22. The van der Waals surface area contributed by atoms with Crippen molar-refractivity contribution < 1.29 is 19.4 Å². The predicted molar refractivity (Wildman–Crippen MR) is 143 cm³/mol. The Kier molecular flexibility index (Phi) is 7.58. The highest BCUT2D eigenvalue weighted by molar-refractivity contribution is 6.51. The Morgan fingerprint density at radius 1 is 0.944 bits per heavy atom. The van der Waals surface area contributed by atoms with Crippen molar-refractivity contribution >= 4 is 23.1 Å². The van der Waals surface area contributed by atoms with Crippen LogP contribution < -0.4 is 9.64 Å². The molecule has 0 spiro atoms. The first-order chi connectivity index (χ1) is 17.4. The quantitative estimate of drug-likeness (QED) is 0.225. The second-order valence-electron chi connectivity index (χ2n) is 9.22. The van der Waals surface area contributed by atoms with Gasteiger partial charge in [-0.25, -0.2) is 0 Å². The van der Waals surface area contributed by atoms with E-state index in [1.807, 2.05) is 55.5 Å². The lowest BCUT2D eigenvalue weighted by Gasteiger charge is -2.26. The third kappa shape index (κ3) is 4.78. The number of methoxy groups -OCH3 is 1. The van der Waals surface area contributed by atoms with Gasteiger partial charge in [-0.05, 0) is 78.8 Å².